The Bertz CT molecular complexity index is 674. The molecule has 0 aromatic rings. The Morgan fingerprint density at radius 1 is 0.967 bits per heavy atom. The van der Waals surface area contributed by atoms with E-state index in [1.165, 1.54) is 0 Å². The first-order valence-corrected chi connectivity index (χ1v) is 10.4. The highest BCUT2D eigenvalue weighted by atomic mass is 16.7. The van der Waals surface area contributed by atoms with Crippen LogP contribution in [0, 0.1) is 10.8 Å². The Morgan fingerprint density at radius 3 is 1.90 bits per heavy atom. The van der Waals surface area contributed by atoms with Crippen LogP contribution in [0.1, 0.15) is 87.5 Å². The zero-order valence-electron chi connectivity index (χ0n) is 19.6. The van der Waals surface area contributed by atoms with Gasteiger partial charge in [0.1, 0.15) is 5.60 Å². The lowest BCUT2D eigenvalue weighted by Gasteiger charge is -2.39. The summed E-state index contributed by atoms with van der Waals surface area (Å²) in [5, 5.41) is 10.4. The predicted molar refractivity (Wildman–Crippen MR) is 110 cm³/mol. The second kappa shape index (κ2) is 9.14. The molecule has 8 nitrogen and oxygen atoms in total. The van der Waals surface area contributed by atoms with E-state index in [0.29, 0.717) is 17.9 Å². The number of nitrogens with zero attached hydrogens (tertiary/aromatic N) is 1. The van der Waals surface area contributed by atoms with E-state index in [1.807, 2.05) is 6.92 Å². The van der Waals surface area contributed by atoms with Crippen molar-refractivity contribution in [2.24, 2.45) is 10.8 Å². The van der Waals surface area contributed by atoms with Crippen LogP contribution < -0.4 is 0 Å². The molecule has 30 heavy (non-hydrogen) atoms. The summed E-state index contributed by atoms with van der Waals surface area (Å²) in [5.41, 5.74) is -4.04. The van der Waals surface area contributed by atoms with Gasteiger partial charge in [0.2, 0.25) is 0 Å². The van der Waals surface area contributed by atoms with Gasteiger partial charge in [-0.25, -0.2) is 4.79 Å². The highest BCUT2D eigenvalue weighted by Gasteiger charge is 2.47. The Morgan fingerprint density at radius 2 is 1.47 bits per heavy atom. The monoisotopic (exact) mass is 427 g/mol. The first-order valence-electron chi connectivity index (χ1n) is 10.4. The standard InChI is InChI=1S/C22H37NO7/c1-9-22(8,29-13-12-21(6,7)28)17(26)19(2,3)14-20(4,5)18(27)30-23-15(24)10-11-16(23)25/h28H,9-14H2,1-8H3. The van der Waals surface area contributed by atoms with Gasteiger partial charge in [-0.1, -0.05) is 20.8 Å². The third-order valence-electron chi connectivity index (χ3n) is 5.52. The SMILES string of the molecule is CCC(C)(OCCC(C)(C)O)C(=O)C(C)(C)CC(C)(C)C(=O)ON1C(=O)CCC1=O. The van der Waals surface area contributed by atoms with E-state index >= 15 is 0 Å². The number of Topliss-reactive ketones (excluding diaryl/α,β-unsaturated/α-hetero) is 1. The van der Waals surface area contributed by atoms with Gasteiger partial charge < -0.3 is 14.7 Å². The molecule has 1 rings (SSSR count). The molecule has 1 aliphatic heterocycles. The molecule has 1 aliphatic rings. The van der Waals surface area contributed by atoms with Gasteiger partial charge in [0.05, 0.1) is 17.6 Å². The smallest absolute Gasteiger partial charge is 0.338 e. The normalized spacial score (nSPS) is 17.8. The molecule has 1 heterocycles. The number of hydroxylamine groups is 2. The van der Waals surface area contributed by atoms with Gasteiger partial charge in [0, 0.05) is 18.3 Å². The molecule has 1 atom stereocenters. The van der Waals surface area contributed by atoms with E-state index in [9.17, 15) is 24.3 Å². The molecule has 172 valence electrons. The van der Waals surface area contributed by atoms with Crippen molar-refractivity contribution < 1.29 is 33.9 Å². The van der Waals surface area contributed by atoms with Crippen LogP contribution >= 0.6 is 0 Å². The van der Waals surface area contributed by atoms with E-state index < -0.39 is 39.8 Å². The first-order chi connectivity index (χ1) is 13.4. The number of amides is 2. The molecule has 1 N–H and O–H groups in total. The lowest BCUT2D eigenvalue weighted by Crippen LogP contribution is -2.49. The topological polar surface area (TPSA) is 110 Å². The Hall–Kier alpha value is -1.80. The molecule has 2 amide bonds. The van der Waals surface area contributed by atoms with Crippen molar-refractivity contribution in [3.63, 3.8) is 0 Å². The number of rotatable bonds is 11. The maximum absolute atomic E-state index is 13.4. The van der Waals surface area contributed by atoms with Crippen molar-refractivity contribution in [2.45, 2.75) is 98.7 Å². The summed E-state index contributed by atoms with van der Waals surface area (Å²) >= 11 is 0. The molecule has 1 fully saturated rings. The van der Waals surface area contributed by atoms with E-state index in [0.717, 1.165) is 0 Å². The maximum Gasteiger partial charge on any atom is 0.338 e. The summed E-state index contributed by atoms with van der Waals surface area (Å²) in [6.45, 7) is 13.9. The van der Waals surface area contributed by atoms with Gasteiger partial charge >= 0.3 is 5.97 Å². The fraction of sp³-hybridized carbons (Fsp3) is 0.818. The molecule has 1 saturated heterocycles. The van der Waals surface area contributed by atoms with Crippen molar-refractivity contribution >= 4 is 23.6 Å². The average Bonchev–Trinajstić information content (AvgIpc) is 2.90. The number of imide groups is 1. The van der Waals surface area contributed by atoms with Crippen LogP contribution in [-0.2, 0) is 28.8 Å². The van der Waals surface area contributed by atoms with Crippen molar-refractivity contribution in [2.75, 3.05) is 6.61 Å². The van der Waals surface area contributed by atoms with Crippen molar-refractivity contribution in [1.29, 1.82) is 0 Å². The molecular formula is C22H37NO7. The fourth-order valence-corrected chi connectivity index (χ4v) is 3.69. The van der Waals surface area contributed by atoms with Gasteiger partial charge in [-0.05, 0) is 53.9 Å². The lowest BCUT2D eigenvalue weighted by atomic mass is 9.69. The van der Waals surface area contributed by atoms with E-state index in [4.69, 9.17) is 9.57 Å². The molecule has 0 radical (unpaired) electrons. The van der Waals surface area contributed by atoms with E-state index in [1.54, 1.807) is 48.5 Å². The first kappa shape index (κ1) is 26.2. The lowest BCUT2D eigenvalue weighted by molar-refractivity contribution is -0.205. The Kier molecular flexibility index (Phi) is 7.99. The summed E-state index contributed by atoms with van der Waals surface area (Å²) in [7, 11) is 0. The van der Waals surface area contributed by atoms with Crippen LogP contribution in [0.4, 0.5) is 0 Å². The van der Waals surface area contributed by atoms with Crippen LogP contribution in [0.15, 0.2) is 0 Å². The van der Waals surface area contributed by atoms with Crippen LogP contribution in [-0.4, -0.2) is 51.5 Å². The van der Waals surface area contributed by atoms with Crippen molar-refractivity contribution in [1.82, 2.24) is 5.06 Å². The van der Waals surface area contributed by atoms with Crippen molar-refractivity contribution in [3.05, 3.63) is 0 Å². The fourth-order valence-electron chi connectivity index (χ4n) is 3.69. The quantitative estimate of drug-likeness (QED) is 0.505. The van der Waals surface area contributed by atoms with E-state index in [-0.39, 0.29) is 31.7 Å². The van der Waals surface area contributed by atoms with Crippen LogP contribution in [0.3, 0.4) is 0 Å². The third-order valence-corrected chi connectivity index (χ3v) is 5.52. The van der Waals surface area contributed by atoms with E-state index in [2.05, 4.69) is 0 Å². The number of hydrogen-bond acceptors (Lipinski definition) is 7. The minimum atomic E-state index is -1.12. The highest BCUT2D eigenvalue weighted by Crippen LogP contribution is 2.40. The molecule has 0 aromatic carbocycles. The Labute approximate surface area is 179 Å². The molecular weight excluding hydrogens is 390 g/mol. The Balaban J connectivity index is 2.88. The van der Waals surface area contributed by atoms with Gasteiger partial charge in [-0.2, -0.15) is 0 Å². The maximum atomic E-state index is 13.4. The van der Waals surface area contributed by atoms with Crippen molar-refractivity contribution in [3.8, 4) is 0 Å². The van der Waals surface area contributed by atoms with Gasteiger partial charge in [0.25, 0.3) is 11.8 Å². The molecule has 8 heteroatoms. The predicted octanol–water partition coefficient (Wildman–Crippen LogP) is 2.95. The summed E-state index contributed by atoms with van der Waals surface area (Å²) < 4.78 is 5.89. The zero-order valence-corrected chi connectivity index (χ0v) is 19.6. The largest absolute Gasteiger partial charge is 0.390 e. The second-order valence-corrected chi connectivity index (χ2v) is 10.2. The summed E-state index contributed by atoms with van der Waals surface area (Å²) in [6.07, 6.45) is 0.994. The minimum Gasteiger partial charge on any atom is -0.390 e. The number of ether oxygens (including phenoxy) is 1. The molecule has 0 aromatic heterocycles. The minimum absolute atomic E-state index is 0.0212. The number of aliphatic hydroxyl groups is 1. The molecule has 0 aliphatic carbocycles. The zero-order chi connectivity index (χ0) is 23.5. The second-order valence-electron chi connectivity index (χ2n) is 10.2. The summed E-state index contributed by atoms with van der Waals surface area (Å²) in [6, 6.07) is 0. The molecule has 0 bridgehead atoms. The highest BCUT2D eigenvalue weighted by molar-refractivity contribution is 6.01. The number of hydrogen-bond donors (Lipinski definition) is 1. The van der Waals surface area contributed by atoms with Crippen LogP contribution in [0.5, 0.6) is 0 Å². The van der Waals surface area contributed by atoms with Crippen LogP contribution in [0.25, 0.3) is 0 Å². The number of ketones is 1. The summed E-state index contributed by atoms with van der Waals surface area (Å²) in [4.78, 5) is 54.5. The van der Waals surface area contributed by atoms with Gasteiger partial charge in [0.15, 0.2) is 5.78 Å². The molecule has 0 spiro atoms. The third kappa shape index (κ3) is 6.60. The number of carbonyl (C=O) groups is 4. The average molecular weight is 428 g/mol. The molecule has 0 saturated carbocycles. The number of carbonyl (C=O) groups excluding carboxylic acids is 4. The van der Waals surface area contributed by atoms with Gasteiger partial charge in [-0.15, -0.1) is 5.06 Å². The van der Waals surface area contributed by atoms with Crippen LogP contribution in [0.2, 0.25) is 0 Å². The van der Waals surface area contributed by atoms with Gasteiger partial charge in [-0.3, -0.25) is 14.4 Å². The summed E-state index contributed by atoms with van der Waals surface area (Å²) in [5.74, 6) is -1.99. The molecule has 1 unspecified atom stereocenters.